The first kappa shape index (κ1) is 22.8. The van der Waals surface area contributed by atoms with E-state index in [4.69, 9.17) is 9.73 Å². The fraction of sp³-hybridized carbons (Fsp3) is 0.739. The molecule has 168 valence electrons. The van der Waals surface area contributed by atoms with Gasteiger partial charge in [0.25, 0.3) is 0 Å². The maximum absolute atomic E-state index is 6.10. The molecule has 0 bridgehead atoms. The molecule has 0 radical (unpaired) electrons. The summed E-state index contributed by atoms with van der Waals surface area (Å²) >= 11 is 0. The van der Waals surface area contributed by atoms with E-state index in [2.05, 4.69) is 45.5 Å². The Hall–Kier alpha value is -1.86. The summed E-state index contributed by atoms with van der Waals surface area (Å²) in [6, 6.07) is 4.15. The monoisotopic (exact) mass is 416 g/mol. The second-order valence-corrected chi connectivity index (χ2v) is 8.38. The Morgan fingerprint density at radius 2 is 1.90 bits per heavy atom. The van der Waals surface area contributed by atoms with Gasteiger partial charge in [-0.2, -0.15) is 0 Å². The number of nitrogens with zero attached hydrogens (tertiary/aromatic N) is 4. The van der Waals surface area contributed by atoms with Crippen LogP contribution in [0.25, 0.3) is 0 Å². The van der Waals surface area contributed by atoms with Crippen molar-refractivity contribution in [3.63, 3.8) is 0 Å². The molecule has 0 spiro atoms. The van der Waals surface area contributed by atoms with E-state index in [0.29, 0.717) is 12.6 Å². The number of aliphatic imine (C=N–C) groups is 1. The molecular weight excluding hydrogens is 376 g/mol. The third-order valence-electron chi connectivity index (χ3n) is 5.97. The number of piperazine rings is 1. The molecule has 2 N–H and O–H groups in total. The van der Waals surface area contributed by atoms with Crippen LogP contribution in [-0.4, -0.2) is 74.9 Å². The number of nitrogens with one attached hydrogen (secondary N) is 2. The van der Waals surface area contributed by atoms with Crippen molar-refractivity contribution in [3.05, 3.63) is 23.9 Å². The lowest BCUT2D eigenvalue weighted by molar-refractivity contribution is 0.0468. The van der Waals surface area contributed by atoms with Gasteiger partial charge < -0.3 is 25.2 Å². The van der Waals surface area contributed by atoms with Gasteiger partial charge in [0, 0.05) is 51.0 Å². The van der Waals surface area contributed by atoms with Crippen LogP contribution < -0.4 is 15.5 Å². The Labute approximate surface area is 182 Å². The molecule has 30 heavy (non-hydrogen) atoms. The van der Waals surface area contributed by atoms with Gasteiger partial charge in [0.1, 0.15) is 5.82 Å². The lowest BCUT2D eigenvalue weighted by atomic mass is 10.1. The van der Waals surface area contributed by atoms with Crippen LogP contribution in [0.4, 0.5) is 5.82 Å². The van der Waals surface area contributed by atoms with Crippen LogP contribution in [-0.2, 0) is 11.3 Å². The molecule has 0 unspecified atom stereocenters. The predicted molar refractivity (Wildman–Crippen MR) is 124 cm³/mol. The number of aromatic nitrogens is 1. The minimum Gasteiger partial charge on any atom is -0.376 e. The lowest BCUT2D eigenvalue weighted by Crippen LogP contribution is -2.45. The number of likely N-dealkylation sites (N-methyl/N-ethyl adjacent to an activating group) is 1. The molecule has 1 aliphatic heterocycles. The van der Waals surface area contributed by atoms with E-state index in [9.17, 15) is 0 Å². The van der Waals surface area contributed by atoms with Crippen molar-refractivity contribution >= 4 is 11.8 Å². The number of anilines is 1. The number of hydrogen-bond donors (Lipinski definition) is 2. The summed E-state index contributed by atoms with van der Waals surface area (Å²) in [6.45, 7) is 9.24. The number of hydrogen-bond acceptors (Lipinski definition) is 5. The second-order valence-electron chi connectivity index (χ2n) is 8.38. The summed E-state index contributed by atoms with van der Waals surface area (Å²) < 4.78 is 6.10. The van der Waals surface area contributed by atoms with Gasteiger partial charge >= 0.3 is 0 Å². The first-order chi connectivity index (χ1) is 14.8. The highest BCUT2D eigenvalue weighted by Crippen LogP contribution is 2.20. The van der Waals surface area contributed by atoms with Gasteiger partial charge in [-0.3, -0.25) is 0 Å². The Morgan fingerprint density at radius 1 is 1.13 bits per heavy atom. The van der Waals surface area contributed by atoms with Crippen LogP contribution >= 0.6 is 0 Å². The minimum absolute atomic E-state index is 0.440. The molecule has 0 amide bonds. The van der Waals surface area contributed by atoms with E-state index in [1.807, 2.05) is 12.3 Å². The molecule has 1 aliphatic carbocycles. The minimum atomic E-state index is 0.440. The highest BCUT2D eigenvalue weighted by molar-refractivity contribution is 5.79. The number of ether oxygens (including phenoxy) is 1. The van der Waals surface area contributed by atoms with Crippen molar-refractivity contribution < 1.29 is 4.74 Å². The fourth-order valence-electron chi connectivity index (χ4n) is 4.17. The normalized spacial score (nSPS) is 19.5. The molecule has 1 saturated heterocycles. The molecule has 3 rings (SSSR count). The van der Waals surface area contributed by atoms with Gasteiger partial charge in [-0.05, 0) is 32.9 Å². The number of pyridine rings is 1. The zero-order chi connectivity index (χ0) is 21.0. The Balaban J connectivity index is 1.50. The summed E-state index contributed by atoms with van der Waals surface area (Å²) in [4.78, 5) is 14.2. The second kappa shape index (κ2) is 12.7. The summed E-state index contributed by atoms with van der Waals surface area (Å²) in [5, 5.41) is 6.77. The third kappa shape index (κ3) is 7.43. The standard InChI is InChI=1S/C23H40N6O/c1-3-24-23(26-13-18-30-21-10-6-4-5-7-11-21)27-19-20-9-8-12-25-22(20)29-16-14-28(2)15-17-29/h8-9,12,21H,3-7,10-11,13-19H2,1-2H3,(H2,24,26,27). The quantitative estimate of drug-likeness (QED) is 0.294. The fourth-order valence-corrected chi connectivity index (χ4v) is 4.17. The summed E-state index contributed by atoms with van der Waals surface area (Å²) in [7, 11) is 2.18. The molecule has 0 atom stereocenters. The van der Waals surface area contributed by atoms with Gasteiger partial charge in [0.2, 0.25) is 0 Å². The average molecular weight is 417 g/mol. The van der Waals surface area contributed by atoms with Gasteiger partial charge in [0.05, 0.1) is 19.3 Å². The summed E-state index contributed by atoms with van der Waals surface area (Å²) in [5.74, 6) is 1.91. The van der Waals surface area contributed by atoms with Gasteiger partial charge in [-0.25, -0.2) is 9.98 Å². The van der Waals surface area contributed by atoms with Crippen molar-refractivity contribution in [1.82, 2.24) is 20.5 Å². The summed E-state index contributed by atoms with van der Waals surface area (Å²) in [5.41, 5.74) is 1.17. The largest absolute Gasteiger partial charge is 0.376 e. The molecule has 0 aromatic carbocycles. The van der Waals surface area contributed by atoms with Crippen LogP contribution in [0.3, 0.4) is 0 Å². The van der Waals surface area contributed by atoms with Crippen LogP contribution in [0.2, 0.25) is 0 Å². The maximum Gasteiger partial charge on any atom is 0.191 e. The van der Waals surface area contributed by atoms with Crippen molar-refractivity contribution in [2.75, 3.05) is 57.8 Å². The van der Waals surface area contributed by atoms with Gasteiger partial charge in [0.15, 0.2) is 5.96 Å². The van der Waals surface area contributed by atoms with E-state index in [-0.39, 0.29) is 0 Å². The first-order valence-corrected chi connectivity index (χ1v) is 11.8. The van der Waals surface area contributed by atoms with Gasteiger partial charge in [-0.15, -0.1) is 0 Å². The van der Waals surface area contributed by atoms with Crippen LogP contribution in [0.1, 0.15) is 51.0 Å². The van der Waals surface area contributed by atoms with Crippen molar-refractivity contribution in [3.8, 4) is 0 Å². The number of guanidine groups is 1. The molecule has 7 heteroatoms. The van der Waals surface area contributed by atoms with Crippen LogP contribution in [0, 0.1) is 0 Å². The van der Waals surface area contributed by atoms with Crippen molar-refractivity contribution in [2.45, 2.75) is 58.1 Å². The molecule has 2 heterocycles. The smallest absolute Gasteiger partial charge is 0.191 e. The Bertz CT molecular complexity index is 636. The van der Waals surface area contributed by atoms with Crippen LogP contribution in [0.15, 0.2) is 23.3 Å². The van der Waals surface area contributed by atoms with E-state index in [1.54, 1.807) is 0 Å². The molecule has 1 saturated carbocycles. The van der Waals surface area contributed by atoms with Crippen LogP contribution in [0.5, 0.6) is 0 Å². The molecule has 7 nitrogen and oxygen atoms in total. The molecular formula is C23H40N6O. The third-order valence-corrected chi connectivity index (χ3v) is 5.97. The van der Waals surface area contributed by atoms with E-state index < -0.39 is 0 Å². The van der Waals surface area contributed by atoms with E-state index >= 15 is 0 Å². The van der Waals surface area contributed by atoms with E-state index in [0.717, 1.165) is 57.7 Å². The molecule has 2 aliphatic rings. The Morgan fingerprint density at radius 3 is 2.63 bits per heavy atom. The molecule has 2 fully saturated rings. The highest BCUT2D eigenvalue weighted by Gasteiger charge is 2.18. The highest BCUT2D eigenvalue weighted by atomic mass is 16.5. The number of rotatable bonds is 8. The van der Waals surface area contributed by atoms with Crippen molar-refractivity contribution in [1.29, 1.82) is 0 Å². The van der Waals surface area contributed by atoms with Gasteiger partial charge in [-0.1, -0.05) is 31.7 Å². The Kier molecular flexibility index (Phi) is 9.70. The lowest BCUT2D eigenvalue weighted by Gasteiger charge is -2.34. The molecule has 1 aromatic rings. The van der Waals surface area contributed by atoms with Crippen molar-refractivity contribution in [2.24, 2.45) is 4.99 Å². The average Bonchev–Trinajstić information content (AvgIpc) is 3.05. The first-order valence-electron chi connectivity index (χ1n) is 11.8. The zero-order valence-corrected chi connectivity index (χ0v) is 18.9. The zero-order valence-electron chi connectivity index (χ0n) is 18.9. The maximum atomic E-state index is 6.10. The SMILES string of the molecule is CCNC(=NCc1cccnc1N1CCN(C)CC1)NCCOC1CCCCCC1. The topological polar surface area (TPSA) is 65.0 Å². The van der Waals surface area contributed by atoms with E-state index in [1.165, 1.54) is 44.1 Å². The predicted octanol–water partition coefficient (Wildman–Crippen LogP) is 2.63. The molecule has 1 aromatic heterocycles. The summed E-state index contributed by atoms with van der Waals surface area (Å²) in [6.07, 6.45) is 10.1.